The lowest BCUT2D eigenvalue weighted by Gasteiger charge is -2.10. The molecule has 3 rings (SSSR count). The van der Waals surface area contributed by atoms with E-state index in [1.165, 1.54) is 6.07 Å². The summed E-state index contributed by atoms with van der Waals surface area (Å²) in [5, 5.41) is 12.4. The first kappa shape index (κ1) is 14.8. The third-order valence-corrected chi connectivity index (χ3v) is 3.67. The van der Waals surface area contributed by atoms with Gasteiger partial charge in [0.25, 0.3) is 5.69 Å². The smallest absolute Gasteiger partial charge is 0.277 e. The van der Waals surface area contributed by atoms with Gasteiger partial charge in [-0.15, -0.1) is 0 Å². The highest BCUT2D eigenvalue weighted by Gasteiger charge is 2.14. The fourth-order valence-electron chi connectivity index (χ4n) is 2.45. The molecule has 0 amide bonds. The van der Waals surface area contributed by atoms with Gasteiger partial charge in [0.15, 0.2) is 0 Å². The first-order valence-corrected chi connectivity index (χ1v) is 7.19. The van der Waals surface area contributed by atoms with Gasteiger partial charge in [0.2, 0.25) is 0 Å². The van der Waals surface area contributed by atoms with Gasteiger partial charge in [0, 0.05) is 11.5 Å². The Hall–Kier alpha value is -3.14. The lowest BCUT2D eigenvalue weighted by molar-refractivity contribution is -0.383. The lowest BCUT2D eigenvalue weighted by atomic mass is 10.1. The predicted molar refractivity (Wildman–Crippen MR) is 91.5 cm³/mol. The summed E-state index contributed by atoms with van der Waals surface area (Å²) in [4.78, 5) is 10.7. The molecule has 3 aromatic rings. The van der Waals surface area contributed by atoms with Crippen molar-refractivity contribution in [1.82, 2.24) is 0 Å². The van der Waals surface area contributed by atoms with Crippen molar-refractivity contribution in [3.05, 3.63) is 88.5 Å². The van der Waals surface area contributed by atoms with E-state index in [9.17, 15) is 10.1 Å². The van der Waals surface area contributed by atoms with Crippen LogP contribution in [0.4, 0.5) is 5.69 Å². The summed E-state index contributed by atoms with van der Waals surface area (Å²) >= 11 is 0. The fraction of sp³-hybridized carbons (Fsp3) is 0.0526. The lowest BCUT2D eigenvalue weighted by Crippen LogP contribution is -1.97. The number of nitro benzene ring substituents is 1. The molecule has 0 saturated carbocycles. The van der Waals surface area contributed by atoms with Crippen LogP contribution in [0.2, 0.25) is 0 Å². The van der Waals surface area contributed by atoms with Gasteiger partial charge in [-0.25, -0.2) is 0 Å². The monoisotopic (exact) mass is 305 g/mol. The molecular weight excluding hydrogens is 290 g/mol. The molecule has 0 aliphatic heterocycles. The molecule has 0 saturated heterocycles. The molecule has 3 aromatic carbocycles. The van der Waals surface area contributed by atoms with Gasteiger partial charge in [-0.1, -0.05) is 55.1 Å². The van der Waals surface area contributed by atoms with Crippen LogP contribution < -0.4 is 4.74 Å². The van der Waals surface area contributed by atoms with Crippen LogP contribution in [0.15, 0.2) is 67.2 Å². The van der Waals surface area contributed by atoms with Crippen LogP contribution in [0.3, 0.4) is 0 Å². The van der Waals surface area contributed by atoms with Gasteiger partial charge in [0.1, 0.15) is 12.4 Å². The zero-order valence-electron chi connectivity index (χ0n) is 12.4. The molecule has 0 heterocycles. The Balaban J connectivity index is 1.89. The van der Waals surface area contributed by atoms with Crippen molar-refractivity contribution in [2.24, 2.45) is 0 Å². The van der Waals surface area contributed by atoms with Gasteiger partial charge in [-0.2, -0.15) is 0 Å². The molecule has 4 nitrogen and oxygen atoms in total. The maximum Gasteiger partial charge on any atom is 0.277 e. The number of ether oxygens (including phenoxy) is 1. The Kier molecular flexibility index (Phi) is 4.06. The average Bonchev–Trinajstić information content (AvgIpc) is 2.59. The van der Waals surface area contributed by atoms with E-state index in [2.05, 4.69) is 6.58 Å². The Morgan fingerprint density at radius 1 is 1.00 bits per heavy atom. The number of fused-ring (bicyclic) bond motifs is 1. The molecule has 0 radical (unpaired) electrons. The Bertz CT molecular complexity index is 869. The van der Waals surface area contributed by atoms with E-state index in [1.807, 2.05) is 36.4 Å². The van der Waals surface area contributed by atoms with Gasteiger partial charge in [-0.05, 0) is 23.3 Å². The summed E-state index contributed by atoms with van der Waals surface area (Å²) < 4.78 is 5.87. The summed E-state index contributed by atoms with van der Waals surface area (Å²) in [6.07, 6.45) is 1.79. The van der Waals surface area contributed by atoms with Crippen LogP contribution in [-0.4, -0.2) is 4.92 Å². The maximum absolute atomic E-state index is 11.1. The second-order valence-electron chi connectivity index (χ2n) is 5.12. The molecule has 0 bridgehead atoms. The third kappa shape index (κ3) is 3.06. The molecule has 0 N–H and O–H groups in total. The van der Waals surface area contributed by atoms with Crippen LogP contribution in [-0.2, 0) is 6.61 Å². The van der Waals surface area contributed by atoms with E-state index in [1.54, 1.807) is 24.3 Å². The molecule has 0 atom stereocenters. The van der Waals surface area contributed by atoms with Gasteiger partial charge in [0.05, 0.1) is 10.3 Å². The van der Waals surface area contributed by atoms with Crippen molar-refractivity contribution in [3.63, 3.8) is 0 Å². The fourth-order valence-corrected chi connectivity index (χ4v) is 2.45. The molecule has 0 aromatic heterocycles. The van der Waals surface area contributed by atoms with E-state index in [0.29, 0.717) is 17.7 Å². The van der Waals surface area contributed by atoms with Gasteiger partial charge < -0.3 is 4.74 Å². The summed E-state index contributed by atoms with van der Waals surface area (Å²) in [5.74, 6) is 0.638. The van der Waals surface area contributed by atoms with Crippen LogP contribution >= 0.6 is 0 Å². The van der Waals surface area contributed by atoms with Gasteiger partial charge >= 0.3 is 0 Å². The predicted octanol–water partition coefficient (Wildman–Crippen LogP) is 4.97. The molecule has 4 heteroatoms. The number of nitro groups is 1. The number of benzene rings is 3. The second-order valence-corrected chi connectivity index (χ2v) is 5.12. The molecule has 0 spiro atoms. The van der Waals surface area contributed by atoms with Crippen LogP contribution in [0, 0.1) is 10.1 Å². The Morgan fingerprint density at radius 2 is 1.70 bits per heavy atom. The van der Waals surface area contributed by atoms with Crippen molar-refractivity contribution < 1.29 is 9.66 Å². The molecule has 0 aliphatic carbocycles. The third-order valence-electron chi connectivity index (χ3n) is 3.67. The minimum atomic E-state index is -0.375. The number of hydrogen-bond donors (Lipinski definition) is 0. The highest BCUT2D eigenvalue weighted by atomic mass is 16.6. The second kappa shape index (κ2) is 6.32. The quantitative estimate of drug-likeness (QED) is 0.494. The highest BCUT2D eigenvalue weighted by Crippen LogP contribution is 2.33. The summed E-state index contributed by atoms with van der Waals surface area (Å²) in [6.45, 7) is 4.13. The molecule has 114 valence electrons. The number of rotatable bonds is 5. The highest BCUT2D eigenvalue weighted by molar-refractivity contribution is 5.95. The number of non-ortho nitro benzene ring substituents is 1. The summed E-state index contributed by atoms with van der Waals surface area (Å²) in [7, 11) is 0. The zero-order valence-corrected chi connectivity index (χ0v) is 12.4. The normalized spacial score (nSPS) is 10.4. The van der Waals surface area contributed by atoms with Crippen molar-refractivity contribution in [3.8, 4) is 5.75 Å². The standard InChI is InChI=1S/C19H15NO3/c1-2-14-7-9-15(10-8-14)13-23-19-12-11-18(20(21)22)16-5-3-4-6-17(16)19/h2-12H,1,13H2. The summed E-state index contributed by atoms with van der Waals surface area (Å²) in [5.41, 5.74) is 2.16. The minimum absolute atomic E-state index is 0.0864. The van der Waals surface area contributed by atoms with E-state index in [-0.39, 0.29) is 10.6 Å². The molecule has 0 aliphatic rings. The molecule has 23 heavy (non-hydrogen) atoms. The summed E-state index contributed by atoms with van der Waals surface area (Å²) in [6, 6.07) is 18.2. The molecular formula is C19H15NO3. The van der Waals surface area contributed by atoms with E-state index in [4.69, 9.17) is 4.74 Å². The maximum atomic E-state index is 11.1. The zero-order chi connectivity index (χ0) is 16.2. The van der Waals surface area contributed by atoms with Crippen LogP contribution in [0.5, 0.6) is 5.75 Å². The average molecular weight is 305 g/mol. The minimum Gasteiger partial charge on any atom is -0.488 e. The van der Waals surface area contributed by atoms with Gasteiger partial charge in [-0.3, -0.25) is 10.1 Å². The largest absolute Gasteiger partial charge is 0.488 e. The first-order chi connectivity index (χ1) is 11.2. The van der Waals surface area contributed by atoms with E-state index >= 15 is 0 Å². The van der Waals surface area contributed by atoms with E-state index < -0.39 is 0 Å². The van der Waals surface area contributed by atoms with Crippen molar-refractivity contribution in [2.75, 3.05) is 0 Å². The van der Waals surface area contributed by atoms with Crippen molar-refractivity contribution in [2.45, 2.75) is 6.61 Å². The van der Waals surface area contributed by atoms with Crippen LogP contribution in [0.1, 0.15) is 11.1 Å². The molecule has 0 unspecified atom stereocenters. The van der Waals surface area contributed by atoms with E-state index in [0.717, 1.165) is 16.5 Å². The van der Waals surface area contributed by atoms with Crippen molar-refractivity contribution in [1.29, 1.82) is 0 Å². The SMILES string of the molecule is C=Cc1ccc(COc2ccc([N+](=O)[O-])c3ccccc23)cc1. The topological polar surface area (TPSA) is 52.4 Å². The number of nitrogens with zero attached hydrogens (tertiary/aromatic N) is 1. The number of hydrogen-bond acceptors (Lipinski definition) is 3. The molecule has 0 fully saturated rings. The van der Waals surface area contributed by atoms with Crippen LogP contribution in [0.25, 0.3) is 16.8 Å². The van der Waals surface area contributed by atoms with Crippen molar-refractivity contribution >= 4 is 22.5 Å². The Labute approximate surface area is 133 Å². The first-order valence-electron chi connectivity index (χ1n) is 7.19. The Morgan fingerprint density at radius 3 is 2.35 bits per heavy atom.